The summed E-state index contributed by atoms with van der Waals surface area (Å²) in [4.78, 5) is 13.9. The summed E-state index contributed by atoms with van der Waals surface area (Å²) in [5.41, 5.74) is 1.00. The summed E-state index contributed by atoms with van der Waals surface area (Å²) in [6.07, 6.45) is 0. The van der Waals surface area contributed by atoms with E-state index in [-0.39, 0.29) is 25.1 Å². The molecule has 0 aromatic heterocycles. The maximum atomic E-state index is 11.9. The Morgan fingerprint density at radius 1 is 1.45 bits per heavy atom. The molecule has 0 saturated carbocycles. The van der Waals surface area contributed by atoms with Gasteiger partial charge in [-0.2, -0.15) is 0 Å². The standard InChI is InChI=1S/C14H19ClN2O3/c15-12-3-1-11(2-4-12)7-16-14(19)8-17-5-6-20-10-13(17)9-18/h1-4,13,18H,5-10H2,(H,16,19). The zero-order valence-electron chi connectivity index (χ0n) is 11.2. The summed E-state index contributed by atoms with van der Waals surface area (Å²) in [6, 6.07) is 7.27. The van der Waals surface area contributed by atoms with Crippen LogP contribution in [0.5, 0.6) is 0 Å². The quantitative estimate of drug-likeness (QED) is 0.838. The topological polar surface area (TPSA) is 61.8 Å². The molecule has 20 heavy (non-hydrogen) atoms. The largest absolute Gasteiger partial charge is 0.395 e. The van der Waals surface area contributed by atoms with Crippen LogP contribution in [0.15, 0.2) is 24.3 Å². The van der Waals surface area contributed by atoms with Crippen LogP contribution < -0.4 is 5.32 Å². The molecular weight excluding hydrogens is 280 g/mol. The molecule has 1 unspecified atom stereocenters. The van der Waals surface area contributed by atoms with Crippen molar-refractivity contribution in [1.29, 1.82) is 0 Å². The third kappa shape index (κ3) is 4.45. The number of nitrogens with one attached hydrogen (secondary N) is 1. The van der Waals surface area contributed by atoms with Crippen molar-refractivity contribution in [2.24, 2.45) is 0 Å². The van der Waals surface area contributed by atoms with Gasteiger partial charge in [0.15, 0.2) is 0 Å². The van der Waals surface area contributed by atoms with Gasteiger partial charge >= 0.3 is 0 Å². The summed E-state index contributed by atoms with van der Waals surface area (Å²) in [5, 5.41) is 12.8. The zero-order chi connectivity index (χ0) is 14.4. The molecule has 6 heteroatoms. The van der Waals surface area contributed by atoms with Crippen molar-refractivity contribution in [2.75, 3.05) is 32.9 Å². The number of ether oxygens (including phenoxy) is 1. The molecule has 0 radical (unpaired) electrons. The van der Waals surface area contributed by atoms with E-state index in [9.17, 15) is 9.90 Å². The third-order valence-corrected chi connectivity index (χ3v) is 3.56. The lowest BCUT2D eigenvalue weighted by molar-refractivity contribution is -0.125. The molecule has 110 valence electrons. The lowest BCUT2D eigenvalue weighted by atomic mass is 10.2. The minimum Gasteiger partial charge on any atom is -0.395 e. The van der Waals surface area contributed by atoms with Crippen molar-refractivity contribution in [3.8, 4) is 0 Å². The first-order valence-electron chi connectivity index (χ1n) is 6.63. The Balaban J connectivity index is 1.78. The Hall–Kier alpha value is -1.14. The van der Waals surface area contributed by atoms with Crippen molar-refractivity contribution in [3.05, 3.63) is 34.9 Å². The lowest BCUT2D eigenvalue weighted by Gasteiger charge is -2.33. The number of amides is 1. The highest BCUT2D eigenvalue weighted by Crippen LogP contribution is 2.09. The Bertz CT molecular complexity index is 439. The highest BCUT2D eigenvalue weighted by atomic mass is 35.5. The second-order valence-electron chi connectivity index (χ2n) is 4.78. The van der Waals surface area contributed by atoms with Gasteiger partial charge in [-0.15, -0.1) is 0 Å². The first-order valence-corrected chi connectivity index (χ1v) is 7.00. The van der Waals surface area contributed by atoms with Crippen LogP contribution >= 0.6 is 11.6 Å². The third-order valence-electron chi connectivity index (χ3n) is 3.31. The predicted octanol–water partition coefficient (Wildman–Crippen LogP) is 0.649. The summed E-state index contributed by atoms with van der Waals surface area (Å²) < 4.78 is 5.28. The average molecular weight is 299 g/mol. The number of aliphatic hydroxyl groups is 1. The molecule has 1 amide bonds. The molecule has 1 fully saturated rings. The van der Waals surface area contributed by atoms with Crippen molar-refractivity contribution in [3.63, 3.8) is 0 Å². The van der Waals surface area contributed by atoms with Crippen molar-refractivity contribution in [2.45, 2.75) is 12.6 Å². The molecule has 5 nitrogen and oxygen atoms in total. The highest BCUT2D eigenvalue weighted by molar-refractivity contribution is 6.30. The normalized spacial score (nSPS) is 19.8. The van der Waals surface area contributed by atoms with E-state index in [4.69, 9.17) is 16.3 Å². The van der Waals surface area contributed by atoms with E-state index in [1.807, 2.05) is 17.0 Å². The first-order chi connectivity index (χ1) is 9.69. The predicted molar refractivity (Wildman–Crippen MR) is 76.6 cm³/mol. The number of carbonyl (C=O) groups is 1. The average Bonchev–Trinajstić information content (AvgIpc) is 2.47. The number of morpholine rings is 1. The van der Waals surface area contributed by atoms with Crippen LogP contribution in [-0.4, -0.2) is 54.9 Å². The monoisotopic (exact) mass is 298 g/mol. The molecule has 1 saturated heterocycles. The van der Waals surface area contributed by atoms with Gasteiger partial charge in [-0.3, -0.25) is 9.69 Å². The van der Waals surface area contributed by atoms with Crippen molar-refractivity contribution >= 4 is 17.5 Å². The van der Waals surface area contributed by atoms with Crippen LogP contribution in [0, 0.1) is 0 Å². The Labute approximate surface area is 123 Å². The van der Waals surface area contributed by atoms with Crippen LogP contribution in [-0.2, 0) is 16.1 Å². The van der Waals surface area contributed by atoms with Crippen LogP contribution in [0.25, 0.3) is 0 Å². The summed E-state index contributed by atoms with van der Waals surface area (Å²) >= 11 is 5.81. The molecule has 0 bridgehead atoms. The number of carbonyl (C=O) groups excluding carboxylic acids is 1. The smallest absolute Gasteiger partial charge is 0.234 e. The van der Waals surface area contributed by atoms with Crippen molar-refractivity contribution < 1.29 is 14.6 Å². The number of hydrogen-bond donors (Lipinski definition) is 2. The van der Waals surface area contributed by atoms with Gasteiger partial charge in [0, 0.05) is 18.1 Å². The first kappa shape index (κ1) is 15.3. The zero-order valence-corrected chi connectivity index (χ0v) is 12.0. The van der Waals surface area contributed by atoms with Gasteiger partial charge < -0.3 is 15.2 Å². The molecule has 2 rings (SSSR count). The maximum absolute atomic E-state index is 11.9. The number of aliphatic hydroxyl groups excluding tert-OH is 1. The number of halogens is 1. The highest BCUT2D eigenvalue weighted by Gasteiger charge is 2.23. The van der Waals surface area contributed by atoms with Crippen LogP contribution in [0.3, 0.4) is 0 Å². The number of hydrogen-bond acceptors (Lipinski definition) is 4. The van der Waals surface area contributed by atoms with Crippen LogP contribution in [0.4, 0.5) is 0 Å². The molecule has 1 aliphatic heterocycles. The number of benzene rings is 1. The van der Waals surface area contributed by atoms with Gasteiger partial charge in [0.1, 0.15) is 0 Å². The Morgan fingerprint density at radius 3 is 2.90 bits per heavy atom. The van der Waals surface area contributed by atoms with E-state index >= 15 is 0 Å². The lowest BCUT2D eigenvalue weighted by Crippen LogP contribution is -2.51. The molecule has 1 aromatic rings. The van der Waals surface area contributed by atoms with Gasteiger partial charge in [0.05, 0.1) is 32.4 Å². The van der Waals surface area contributed by atoms with Gasteiger partial charge in [-0.1, -0.05) is 23.7 Å². The van der Waals surface area contributed by atoms with Gasteiger partial charge in [0.25, 0.3) is 0 Å². The van der Waals surface area contributed by atoms with E-state index in [2.05, 4.69) is 5.32 Å². The number of nitrogens with zero attached hydrogens (tertiary/aromatic N) is 1. The minimum atomic E-state index is -0.0926. The second-order valence-corrected chi connectivity index (χ2v) is 5.22. The summed E-state index contributed by atoms with van der Waals surface area (Å²) in [5.74, 6) is -0.0553. The summed E-state index contributed by atoms with van der Waals surface area (Å²) in [7, 11) is 0. The molecule has 1 atom stereocenters. The van der Waals surface area contributed by atoms with E-state index in [0.29, 0.717) is 31.3 Å². The van der Waals surface area contributed by atoms with E-state index < -0.39 is 0 Å². The van der Waals surface area contributed by atoms with Gasteiger partial charge in [-0.25, -0.2) is 0 Å². The van der Waals surface area contributed by atoms with E-state index in [0.717, 1.165) is 5.56 Å². The van der Waals surface area contributed by atoms with Gasteiger partial charge in [0.2, 0.25) is 5.91 Å². The fraction of sp³-hybridized carbons (Fsp3) is 0.500. The SMILES string of the molecule is O=C(CN1CCOCC1CO)NCc1ccc(Cl)cc1. The van der Waals surface area contributed by atoms with Crippen LogP contribution in [0.1, 0.15) is 5.56 Å². The van der Waals surface area contributed by atoms with Crippen molar-refractivity contribution in [1.82, 2.24) is 10.2 Å². The Kier molecular flexibility index (Phi) is 5.79. The fourth-order valence-corrected chi connectivity index (χ4v) is 2.23. The van der Waals surface area contributed by atoms with Gasteiger partial charge in [-0.05, 0) is 17.7 Å². The summed E-state index contributed by atoms with van der Waals surface area (Å²) in [6.45, 7) is 2.50. The van der Waals surface area contributed by atoms with Crippen LogP contribution in [0.2, 0.25) is 5.02 Å². The number of rotatable bonds is 5. The maximum Gasteiger partial charge on any atom is 0.234 e. The molecule has 0 spiro atoms. The molecule has 1 heterocycles. The Morgan fingerprint density at radius 2 is 2.20 bits per heavy atom. The molecule has 1 aliphatic rings. The molecule has 1 aromatic carbocycles. The molecular formula is C14H19ClN2O3. The molecule has 0 aliphatic carbocycles. The molecule has 2 N–H and O–H groups in total. The fourth-order valence-electron chi connectivity index (χ4n) is 2.11. The minimum absolute atomic E-state index is 0.00443. The van der Waals surface area contributed by atoms with E-state index in [1.165, 1.54) is 0 Å². The second kappa shape index (κ2) is 7.59. The van der Waals surface area contributed by atoms with E-state index in [1.54, 1.807) is 12.1 Å².